The van der Waals surface area contributed by atoms with E-state index in [0.717, 1.165) is 42.7 Å². The summed E-state index contributed by atoms with van der Waals surface area (Å²) in [5.41, 5.74) is -0.519. The number of phenolic OH excluding ortho intramolecular Hbond substituents is 1. The number of likely N-dealkylation sites (tertiary alicyclic amines) is 1. The van der Waals surface area contributed by atoms with E-state index in [1.807, 2.05) is 0 Å². The highest BCUT2D eigenvalue weighted by Crippen LogP contribution is 2.30. The number of aromatic nitrogens is 3. The van der Waals surface area contributed by atoms with Gasteiger partial charge in [-0.25, -0.2) is 14.4 Å². The third-order valence-electron chi connectivity index (χ3n) is 5.08. The number of alkyl halides is 6. The van der Waals surface area contributed by atoms with E-state index in [0.29, 0.717) is 25.0 Å². The normalized spacial score (nSPS) is 14.1. The predicted octanol–water partition coefficient (Wildman–Crippen LogP) is 5.75. The number of aryl methyl sites for hydroxylation is 1. The number of carbonyl (C=O) groups is 1. The monoisotopic (exact) mass is 566 g/mol. The third-order valence-corrected chi connectivity index (χ3v) is 5.93. The van der Waals surface area contributed by atoms with E-state index in [4.69, 9.17) is 0 Å². The van der Waals surface area contributed by atoms with Gasteiger partial charge in [0.2, 0.25) is 0 Å². The molecule has 0 atom stereocenters. The molecule has 16 heteroatoms. The van der Waals surface area contributed by atoms with Gasteiger partial charge in [0.1, 0.15) is 10.8 Å². The first-order valence-electron chi connectivity index (χ1n) is 10.9. The van der Waals surface area contributed by atoms with Crippen LogP contribution in [0.1, 0.15) is 34.6 Å². The molecule has 1 aromatic carbocycles. The molecule has 1 amide bonds. The van der Waals surface area contributed by atoms with Crippen LogP contribution in [-0.2, 0) is 6.18 Å². The number of nitrogens with zero attached hydrogens (tertiary/aromatic N) is 4. The molecule has 3 heterocycles. The van der Waals surface area contributed by atoms with Crippen LogP contribution >= 0.6 is 11.5 Å². The summed E-state index contributed by atoms with van der Waals surface area (Å²) in [6, 6.07) is 3.29. The van der Waals surface area contributed by atoms with Crippen LogP contribution in [0.2, 0.25) is 0 Å². The molecule has 1 aliphatic rings. The lowest BCUT2D eigenvalue weighted by molar-refractivity contribution is -0.143. The Bertz CT molecular complexity index is 1240. The number of phenols is 1. The van der Waals surface area contributed by atoms with Crippen molar-refractivity contribution in [3.8, 4) is 5.75 Å². The van der Waals surface area contributed by atoms with Crippen molar-refractivity contribution < 1.29 is 40.6 Å². The summed E-state index contributed by atoms with van der Waals surface area (Å²) in [6.45, 7) is 2.06. The van der Waals surface area contributed by atoms with Gasteiger partial charge in [-0.05, 0) is 56.5 Å². The Labute approximate surface area is 215 Å². The van der Waals surface area contributed by atoms with Gasteiger partial charge in [-0.3, -0.25) is 9.69 Å². The molecule has 1 aliphatic heterocycles. The van der Waals surface area contributed by atoms with Crippen molar-refractivity contribution in [3.05, 3.63) is 53.4 Å². The van der Waals surface area contributed by atoms with E-state index < -0.39 is 42.1 Å². The van der Waals surface area contributed by atoms with Crippen LogP contribution < -0.4 is 10.6 Å². The average molecular weight is 567 g/mol. The second-order valence-electron chi connectivity index (χ2n) is 8.10. The first-order valence-corrected chi connectivity index (χ1v) is 11.7. The lowest BCUT2D eigenvalue weighted by atomic mass is 10.2. The summed E-state index contributed by atoms with van der Waals surface area (Å²) in [5, 5.41) is 14.8. The number of hydrogen-bond donors (Lipinski definition) is 3. The van der Waals surface area contributed by atoms with Gasteiger partial charge in [-0.2, -0.15) is 30.7 Å². The zero-order valence-corrected chi connectivity index (χ0v) is 20.4. The SMILES string of the molecule is Cc1nsc(Nc2cnc(C(F)(F)F)cn2)c1C(=O)Nc1ccc(F)c(O)c1.FC(F)(F)CN1CCCC1. The van der Waals surface area contributed by atoms with Gasteiger partial charge >= 0.3 is 12.4 Å². The summed E-state index contributed by atoms with van der Waals surface area (Å²) >= 11 is 0.904. The minimum absolute atomic E-state index is 0.00914. The number of benzene rings is 1. The number of halogens is 7. The van der Waals surface area contributed by atoms with Crippen molar-refractivity contribution in [1.82, 2.24) is 19.2 Å². The van der Waals surface area contributed by atoms with Crippen LogP contribution in [0.25, 0.3) is 0 Å². The van der Waals surface area contributed by atoms with E-state index in [2.05, 4.69) is 25.0 Å². The van der Waals surface area contributed by atoms with E-state index in [-0.39, 0.29) is 22.1 Å². The smallest absolute Gasteiger partial charge is 0.434 e. The van der Waals surface area contributed by atoms with Gasteiger partial charge < -0.3 is 15.7 Å². The first-order chi connectivity index (χ1) is 17.7. The molecule has 0 saturated carbocycles. The minimum Gasteiger partial charge on any atom is -0.505 e. The van der Waals surface area contributed by atoms with Crippen LogP contribution in [-0.4, -0.2) is 56.1 Å². The maximum atomic E-state index is 13.1. The molecule has 0 spiro atoms. The molecule has 3 N–H and O–H groups in total. The van der Waals surface area contributed by atoms with Crippen LogP contribution in [0.4, 0.5) is 47.2 Å². The summed E-state index contributed by atoms with van der Waals surface area (Å²) in [7, 11) is 0. The Morgan fingerprint density at radius 2 is 1.79 bits per heavy atom. The second-order valence-corrected chi connectivity index (χ2v) is 8.87. The zero-order valence-electron chi connectivity index (χ0n) is 19.6. The Hall–Kier alpha value is -3.53. The minimum atomic E-state index is -4.61. The number of carbonyl (C=O) groups excluding carboxylic acids is 1. The molecule has 2 aromatic heterocycles. The molecule has 4 rings (SSSR count). The molecule has 0 bridgehead atoms. The molecule has 8 nitrogen and oxygen atoms in total. The molecule has 3 aromatic rings. The number of nitrogens with one attached hydrogen (secondary N) is 2. The molecular formula is C22H21F7N6O2S. The lowest BCUT2D eigenvalue weighted by Gasteiger charge is -2.16. The van der Waals surface area contributed by atoms with Crippen molar-refractivity contribution in [2.45, 2.75) is 32.1 Å². The standard InChI is InChI=1S/C16H11F4N5O2S.C6H10F3N/c1-7-13(14(27)23-8-2-3-9(17)10(26)4-8)15(28-25-7)24-12-6-21-11(5-22-12)16(18,19)20;7-6(8,9)5-10-3-1-2-4-10/h2-6,26H,1H3,(H,22,24)(H,23,27);1-5H2. The maximum absolute atomic E-state index is 13.1. The predicted molar refractivity (Wildman–Crippen MR) is 125 cm³/mol. The molecule has 38 heavy (non-hydrogen) atoms. The fourth-order valence-corrected chi connectivity index (χ4v) is 4.16. The molecule has 0 unspecified atom stereocenters. The molecule has 0 aliphatic carbocycles. The van der Waals surface area contributed by atoms with Crippen molar-refractivity contribution in [2.75, 3.05) is 30.3 Å². The third kappa shape index (κ3) is 8.24. The Morgan fingerprint density at radius 3 is 2.34 bits per heavy atom. The number of aromatic hydroxyl groups is 1. The molecule has 0 radical (unpaired) electrons. The van der Waals surface area contributed by atoms with Crippen molar-refractivity contribution in [2.24, 2.45) is 0 Å². The van der Waals surface area contributed by atoms with Crippen LogP contribution in [0.5, 0.6) is 5.75 Å². The number of hydrogen-bond acceptors (Lipinski definition) is 8. The maximum Gasteiger partial charge on any atom is 0.434 e. The highest BCUT2D eigenvalue weighted by atomic mass is 32.1. The first kappa shape index (κ1) is 29.0. The largest absolute Gasteiger partial charge is 0.505 e. The second kappa shape index (κ2) is 11.9. The fraction of sp³-hybridized carbons (Fsp3) is 0.364. The number of anilines is 3. The highest BCUT2D eigenvalue weighted by molar-refractivity contribution is 7.10. The fourth-order valence-electron chi connectivity index (χ4n) is 3.36. The van der Waals surface area contributed by atoms with Crippen LogP contribution in [0.3, 0.4) is 0 Å². The van der Waals surface area contributed by atoms with Crippen molar-refractivity contribution in [3.63, 3.8) is 0 Å². The Kier molecular flexibility index (Phi) is 9.09. The zero-order chi connectivity index (χ0) is 28.1. The average Bonchev–Trinajstić information content (AvgIpc) is 3.44. The van der Waals surface area contributed by atoms with Gasteiger partial charge in [0, 0.05) is 11.8 Å². The van der Waals surface area contributed by atoms with Crippen molar-refractivity contribution >= 4 is 33.9 Å². The van der Waals surface area contributed by atoms with Gasteiger partial charge in [-0.1, -0.05) is 0 Å². The summed E-state index contributed by atoms with van der Waals surface area (Å²) in [6.07, 6.45) is -5.34. The number of rotatable bonds is 5. The molecular weight excluding hydrogens is 545 g/mol. The Morgan fingerprint density at radius 1 is 1.11 bits per heavy atom. The molecule has 206 valence electrons. The van der Waals surface area contributed by atoms with Crippen molar-refractivity contribution in [1.29, 1.82) is 0 Å². The van der Waals surface area contributed by atoms with E-state index in [9.17, 15) is 40.6 Å². The quantitative estimate of drug-likeness (QED) is 0.338. The van der Waals surface area contributed by atoms with E-state index in [1.54, 1.807) is 6.92 Å². The molecule has 1 fully saturated rings. The van der Waals surface area contributed by atoms with E-state index in [1.165, 1.54) is 11.0 Å². The van der Waals surface area contributed by atoms with E-state index >= 15 is 0 Å². The van der Waals surface area contributed by atoms with Gasteiger partial charge in [0.15, 0.2) is 17.3 Å². The summed E-state index contributed by atoms with van der Waals surface area (Å²) < 4.78 is 89.8. The number of amides is 1. The summed E-state index contributed by atoms with van der Waals surface area (Å²) in [4.78, 5) is 20.9. The highest BCUT2D eigenvalue weighted by Gasteiger charge is 2.33. The van der Waals surface area contributed by atoms with Crippen LogP contribution in [0, 0.1) is 12.7 Å². The van der Waals surface area contributed by atoms with Crippen LogP contribution in [0.15, 0.2) is 30.6 Å². The lowest BCUT2D eigenvalue weighted by Crippen LogP contribution is -2.31. The van der Waals surface area contributed by atoms with Gasteiger partial charge in [0.25, 0.3) is 5.91 Å². The topological polar surface area (TPSA) is 103 Å². The molecule has 1 saturated heterocycles. The van der Waals surface area contributed by atoms with Gasteiger partial charge in [-0.15, -0.1) is 0 Å². The Balaban J connectivity index is 0.000000336. The summed E-state index contributed by atoms with van der Waals surface area (Å²) in [5.74, 6) is -2.09. The van der Waals surface area contributed by atoms with Gasteiger partial charge in [0.05, 0.1) is 30.2 Å².